The van der Waals surface area contributed by atoms with Crippen LogP contribution in [0.3, 0.4) is 0 Å². The third-order valence-corrected chi connectivity index (χ3v) is 3.99. The summed E-state index contributed by atoms with van der Waals surface area (Å²) in [6.07, 6.45) is 3.53. The van der Waals surface area contributed by atoms with Gasteiger partial charge in [0.1, 0.15) is 5.69 Å². The molecule has 0 aliphatic carbocycles. The number of aromatic nitrogens is 1. The average molecular weight is 326 g/mol. The lowest BCUT2D eigenvalue weighted by Crippen LogP contribution is -2.30. The van der Waals surface area contributed by atoms with Gasteiger partial charge in [0.15, 0.2) is 0 Å². The van der Waals surface area contributed by atoms with Gasteiger partial charge in [-0.3, -0.25) is 0 Å². The second kappa shape index (κ2) is 9.42. The number of hydrogen-bond donors (Lipinski definition) is 1. The topological polar surface area (TPSA) is 24.9 Å². The largest absolute Gasteiger partial charge is 0.309 e. The Morgan fingerprint density at radius 1 is 0.800 bits per heavy atom. The third-order valence-electron chi connectivity index (χ3n) is 3.99. The van der Waals surface area contributed by atoms with Gasteiger partial charge in [-0.25, -0.2) is 4.98 Å². The molecule has 1 aromatic heterocycles. The summed E-state index contributed by atoms with van der Waals surface area (Å²) in [5, 5.41) is 3.65. The smallest absolute Gasteiger partial charge is 0.113 e. The number of nitrogens with one attached hydrogen (secondary N) is 1. The van der Waals surface area contributed by atoms with E-state index < -0.39 is 0 Å². The number of nitrogens with zero attached hydrogens (tertiary/aromatic N) is 1. The molecule has 2 nitrogen and oxygen atoms in total. The molecule has 2 heteroatoms. The first-order chi connectivity index (χ1) is 12.4. The van der Waals surface area contributed by atoms with Gasteiger partial charge in [0.05, 0.1) is 0 Å². The lowest BCUT2D eigenvalue weighted by molar-refractivity contribution is 0.517. The van der Waals surface area contributed by atoms with Crippen molar-refractivity contribution in [2.24, 2.45) is 0 Å². The highest BCUT2D eigenvalue weighted by atomic mass is 14.9. The fraction of sp³-hybridized carbons (Fsp3) is 0.174. The van der Waals surface area contributed by atoms with Crippen LogP contribution in [-0.2, 0) is 13.0 Å². The summed E-state index contributed by atoms with van der Waals surface area (Å²) in [7, 11) is 0. The van der Waals surface area contributed by atoms with Crippen LogP contribution in [0.25, 0.3) is 0 Å². The molecule has 0 radical (unpaired) electrons. The van der Waals surface area contributed by atoms with E-state index in [1.165, 1.54) is 11.1 Å². The zero-order valence-electron chi connectivity index (χ0n) is 14.2. The maximum absolute atomic E-state index is 4.26. The van der Waals surface area contributed by atoms with Crippen LogP contribution in [0.2, 0.25) is 0 Å². The van der Waals surface area contributed by atoms with Crippen molar-refractivity contribution < 1.29 is 0 Å². The average Bonchev–Trinajstić information content (AvgIpc) is 2.68. The van der Waals surface area contributed by atoms with Crippen LogP contribution < -0.4 is 5.32 Å². The molecule has 0 fully saturated rings. The molecule has 3 rings (SSSR count). The van der Waals surface area contributed by atoms with Gasteiger partial charge in [0.2, 0.25) is 0 Å². The molecule has 0 bridgehead atoms. The normalized spacial score (nSPS) is 11.4. The first-order valence-corrected chi connectivity index (χ1v) is 8.61. The predicted octanol–water partition coefficient (Wildman–Crippen LogP) is 4.22. The summed E-state index contributed by atoms with van der Waals surface area (Å²) in [5.74, 6) is 6.44. The molecule has 0 spiro atoms. The second-order valence-corrected chi connectivity index (χ2v) is 5.97. The molecule has 0 saturated heterocycles. The van der Waals surface area contributed by atoms with E-state index in [9.17, 15) is 0 Å². The van der Waals surface area contributed by atoms with Crippen LogP contribution in [0.1, 0.15) is 23.2 Å². The van der Waals surface area contributed by atoms with Crippen LogP contribution in [-0.4, -0.2) is 11.0 Å². The molecule has 0 saturated carbocycles. The van der Waals surface area contributed by atoms with Crippen LogP contribution in [0.15, 0.2) is 85.1 Å². The summed E-state index contributed by atoms with van der Waals surface area (Å²) >= 11 is 0. The van der Waals surface area contributed by atoms with Crippen LogP contribution in [0.4, 0.5) is 0 Å². The fourth-order valence-corrected chi connectivity index (χ4v) is 2.67. The fourth-order valence-electron chi connectivity index (χ4n) is 2.67. The van der Waals surface area contributed by atoms with Crippen molar-refractivity contribution >= 4 is 0 Å². The van der Waals surface area contributed by atoms with Crippen molar-refractivity contribution in [2.75, 3.05) is 0 Å². The molecule has 2 aromatic carbocycles. The predicted molar refractivity (Wildman–Crippen MR) is 103 cm³/mol. The van der Waals surface area contributed by atoms with Crippen molar-refractivity contribution in [3.8, 4) is 11.8 Å². The number of hydrogen-bond acceptors (Lipinski definition) is 2. The molecule has 1 heterocycles. The molecule has 0 amide bonds. The Kier molecular flexibility index (Phi) is 6.38. The zero-order valence-corrected chi connectivity index (χ0v) is 14.2. The Morgan fingerprint density at radius 2 is 1.48 bits per heavy atom. The first kappa shape index (κ1) is 17.0. The molecular formula is C23H22N2. The molecule has 1 atom stereocenters. The van der Waals surface area contributed by atoms with Gasteiger partial charge in [-0.15, -0.1) is 0 Å². The minimum absolute atomic E-state index is 0.304. The maximum Gasteiger partial charge on any atom is 0.113 e. The van der Waals surface area contributed by atoms with Gasteiger partial charge < -0.3 is 5.32 Å². The molecule has 25 heavy (non-hydrogen) atoms. The van der Waals surface area contributed by atoms with Gasteiger partial charge in [-0.1, -0.05) is 72.7 Å². The van der Waals surface area contributed by atoms with Crippen molar-refractivity contribution in [1.82, 2.24) is 10.3 Å². The lowest BCUT2D eigenvalue weighted by Gasteiger charge is -2.16. The quantitative estimate of drug-likeness (QED) is 0.686. The van der Waals surface area contributed by atoms with E-state index in [1.807, 2.05) is 24.3 Å². The highest BCUT2D eigenvalue weighted by molar-refractivity contribution is 5.27. The first-order valence-electron chi connectivity index (χ1n) is 8.61. The van der Waals surface area contributed by atoms with Crippen molar-refractivity contribution in [3.63, 3.8) is 0 Å². The maximum atomic E-state index is 4.26. The van der Waals surface area contributed by atoms with Crippen molar-refractivity contribution in [1.29, 1.82) is 0 Å². The number of pyridine rings is 1. The van der Waals surface area contributed by atoms with E-state index in [1.54, 1.807) is 6.20 Å². The minimum Gasteiger partial charge on any atom is -0.309 e. The Balaban J connectivity index is 1.64. The summed E-state index contributed by atoms with van der Waals surface area (Å²) < 4.78 is 0. The van der Waals surface area contributed by atoms with Crippen LogP contribution in [0, 0.1) is 11.8 Å². The van der Waals surface area contributed by atoms with E-state index >= 15 is 0 Å². The monoisotopic (exact) mass is 326 g/mol. The molecule has 3 aromatic rings. The van der Waals surface area contributed by atoms with Crippen molar-refractivity contribution in [3.05, 3.63) is 102 Å². The Morgan fingerprint density at radius 3 is 2.16 bits per heavy atom. The van der Waals surface area contributed by atoms with Gasteiger partial charge >= 0.3 is 0 Å². The highest BCUT2D eigenvalue weighted by Gasteiger charge is 2.08. The Hall–Kier alpha value is -2.89. The lowest BCUT2D eigenvalue weighted by atomic mass is 10.0. The van der Waals surface area contributed by atoms with E-state index in [0.29, 0.717) is 6.04 Å². The van der Waals surface area contributed by atoms with Crippen LogP contribution >= 0.6 is 0 Å². The van der Waals surface area contributed by atoms with Crippen molar-refractivity contribution in [2.45, 2.75) is 25.4 Å². The number of benzene rings is 2. The number of rotatable bonds is 6. The third kappa shape index (κ3) is 5.91. The zero-order chi connectivity index (χ0) is 17.2. The van der Waals surface area contributed by atoms with Gasteiger partial charge in [0.25, 0.3) is 0 Å². The Bertz CT molecular complexity index is 802. The van der Waals surface area contributed by atoms with Gasteiger partial charge in [-0.2, -0.15) is 0 Å². The van der Waals surface area contributed by atoms with Crippen LogP contribution in [0.5, 0.6) is 0 Å². The van der Waals surface area contributed by atoms with E-state index in [2.05, 4.69) is 76.7 Å². The second-order valence-electron chi connectivity index (χ2n) is 5.97. The summed E-state index contributed by atoms with van der Waals surface area (Å²) in [6.45, 7) is 0.851. The minimum atomic E-state index is 0.304. The molecule has 0 aliphatic rings. The summed E-state index contributed by atoms with van der Waals surface area (Å²) in [5.41, 5.74) is 3.44. The molecule has 1 unspecified atom stereocenters. The molecule has 0 aliphatic heterocycles. The summed E-state index contributed by atoms with van der Waals surface area (Å²) in [4.78, 5) is 4.26. The standard InChI is InChI=1S/C23H22N2/c1-3-10-20(11-4-1)18-23(25-19-21-12-5-2-6-13-21)16-9-15-22-14-7-8-17-24-22/h1-8,10-14,17,23,25H,16,18-19H2. The molecule has 1 N–H and O–H groups in total. The molecular weight excluding hydrogens is 304 g/mol. The van der Waals surface area contributed by atoms with Gasteiger partial charge in [0, 0.05) is 25.2 Å². The van der Waals surface area contributed by atoms with E-state index in [4.69, 9.17) is 0 Å². The van der Waals surface area contributed by atoms with E-state index in [0.717, 1.165) is 25.1 Å². The Labute approximate surface area is 150 Å². The molecule has 124 valence electrons. The van der Waals surface area contributed by atoms with Gasteiger partial charge in [-0.05, 0) is 35.6 Å². The highest BCUT2D eigenvalue weighted by Crippen LogP contribution is 2.07. The van der Waals surface area contributed by atoms with E-state index in [-0.39, 0.29) is 0 Å². The summed E-state index contributed by atoms with van der Waals surface area (Å²) in [6, 6.07) is 27.2. The SMILES string of the molecule is C(#Cc1ccccn1)CC(Cc1ccccc1)NCc1ccccc1.